The molecule has 1 fully saturated rings. The van der Waals surface area contributed by atoms with Crippen LogP contribution in [0.5, 0.6) is 0 Å². The van der Waals surface area contributed by atoms with Gasteiger partial charge in [0.2, 0.25) is 0 Å². The van der Waals surface area contributed by atoms with Crippen molar-refractivity contribution in [1.82, 2.24) is 0 Å². The maximum Gasteiger partial charge on any atom is 0.294 e. The van der Waals surface area contributed by atoms with Gasteiger partial charge in [0.05, 0.1) is 11.6 Å². The Morgan fingerprint density at radius 2 is 1.63 bits per heavy atom. The van der Waals surface area contributed by atoms with E-state index in [0.717, 1.165) is 19.3 Å². The second kappa shape index (κ2) is 6.66. The van der Waals surface area contributed by atoms with Crippen LogP contribution in [0.25, 0.3) is 0 Å². The van der Waals surface area contributed by atoms with Gasteiger partial charge in [-0.05, 0) is 67.2 Å². The number of hydrogen-bond acceptors (Lipinski definition) is 3. The number of carbonyl (C=O) groups is 2. The topological polar surface area (TPSA) is 57.6 Å². The first kappa shape index (κ1) is 19.9. The molecule has 1 saturated carbocycles. The Kier molecular flexibility index (Phi) is 4.92. The van der Waals surface area contributed by atoms with Crippen molar-refractivity contribution in [3.05, 3.63) is 40.6 Å². The highest BCUT2D eigenvalue weighted by Gasteiger charge is 2.50. The summed E-state index contributed by atoms with van der Waals surface area (Å²) in [7, 11) is 0. The van der Waals surface area contributed by atoms with Crippen LogP contribution in [0, 0.1) is 16.7 Å². The third kappa shape index (κ3) is 3.77. The van der Waals surface area contributed by atoms with Crippen LogP contribution in [-0.4, -0.2) is 22.8 Å². The molecule has 0 bridgehead atoms. The number of benzene rings is 1. The molecule has 0 saturated heterocycles. The van der Waals surface area contributed by atoms with Crippen molar-refractivity contribution in [2.45, 2.75) is 59.9 Å². The lowest BCUT2D eigenvalue weighted by atomic mass is 9.59. The minimum Gasteiger partial charge on any atom is -0.503 e. The average molecular weight is 390 g/mol. The van der Waals surface area contributed by atoms with Crippen molar-refractivity contribution in [2.75, 3.05) is 4.90 Å². The minimum atomic E-state index is -0.506. The Morgan fingerprint density at radius 3 is 2.11 bits per heavy atom. The zero-order valence-electron chi connectivity index (χ0n) is 16.7. The Balaban J connectivity index is 2.10. The van der Waals surface area contributed by atoms with Crippen LogP contribution in [0.15, 0.2) is 35.6 Å². The fourth-order valence-electron chi connectivity index (χ4n) is 5.48. The van der Waals surface area contributed by atoms with Gasteiger partial charge < -0.3 is 5.11 Å². The molecule has 1 amide bonds. The van der Waals surface area contributed by atoms with E-state index in [1.165, 1.54) is 6.92 Å². The van der Waals surface area contributed by atoms with Crippen LogP contribution in [-0.2, 0) is 9.59 Å². The summed E-state index contributed by atoms with van der Waals surface area (Å²) in [6.07, 6.45) is 2.87. The van der Waals surface area contributed by atoms with Gasteiger partial charge >= 0.3 is 0 Å². The fourth-order valence-corrected chi connectivity index (χ4v) is 5.61. The van der Waals surface area contributed by atoms with E-state index in [0.29, 0.717) is 10.7 Å². The second-order valence-electron chi connectivity index (χ2n) is 9.59. The lowest BCUT2D eigenvalue weighted by Crippen LogP contribution is -2.47. The van der Waals surface area contributed by atoms with Crippen LogP contribution in [0.2, 0.25) is 5.02 Å². The summed E-state index contributed by atoms with van der Waals surface area (Å²) in [5, 5.41) is 11.1. The molecule has 1 aliphatic carbocycles. The molecule has 5 heteroatoms. The quantitative estimate of drug-likeness (QED) is 0.762. The maximum atomic E-state index is 12.9. The van der Waals surface area contributed by atoms with Crippen LogP contribution in [0.3, 0.4) is 0 Å². The molecule has 1 heterocycles. The van der Waals surface area contributed by atoms with Gasteiger partial charge in [0.1, 0.15) is 0 Å². The van der Waals surface area contributed by atoms with Gasteiger partial charge in [0, 0.05) is 10.7 Å². The molecule has 1 N–H and O–H groups in total. The first-order chi connectivity index (χ1) is 12.4. The number of anilines is 1. The molecular weight excluding hydrogens is 362 g/mol. The molecule has 1 atom stereocenters. The van der Waals surface area contributed by atoms with Crippen molar-refractivity contribution in [3.8, 4) is 0 Å². The highest BCUT2D eigenvalue weighted by Crippen LogP contribution is 2.52. The van der Waals surface area contributed by atoms with Gasteiger partial charge in [-0.15, -0.1) is 0 Å². The van der Waals surface area contributed by atoms with E-state index in [2.05, 4.69) is 27.7 Å². The van der Waals surface area contributed by atoms with Gasteiger partial charge in [-0.1, -0.05) is 39.3 Å². The number of hydrogen-bond donors (Lipinski definition) is 1. The molecule has 146 valence electrons. The molecule has 2 aliphatic rings. The smallest absolute Gasteiger partial charge is 0.294 e. The molecule has 0 radical (unpaired) electrons. The monoisotopic (exact) mass is 389 g/mol. The zero-order chi connectivity index (χ0) is 20.1. The number of aliphatic hydroxyl groups is 1. The first-order valence-corrected chi connectivity index (χ1v) is 9.83. The molecule has 1 aliphatic heterocycles. The van der Waals surface area contributed by atoms with Gasteiger partial charge in [-0.25, -0.2) is 0 Å². The SMILES string of the molecule is CC(=O)C1=C(O)C(=O)N(c2ccc(Cl)cc2)C1C1CC(C)(C)CC(C)(C)C1. The van der Waals surface area contributed by atoms with Crippen molar-refractivity contribution in [3.63, 3.8) is 0 Å². The Labute approximate surface area is 166 Å². The minimum absolute atomic E-state index is 0.0897. The van der Waals surface area contributed by atoms with E-state index < -0.39 is 17.7 Å². The van der Waals surface area contributed by atoms with Gasteiger partial charge in [-0.3, -0.25) is 14.5 Å². The predicted octanol–water partition coefficient (Wildman–Crippen LogP) is 5.31. The number of carbonyl (C=O) groups excluding carboxylic acids is 2. The first-order valence-electron chi connectivity index (χ1n) is 9.45. The predicted molar refractivity (Wildman–Crippen MR) is 108 cm³/mol. The van der Waals surface area contributed by atoms with E-state index in [-0.39, 0.29) is 28.1 Å². The Morgan fingerprint density at radius 1 is 1.11 bits per heavy atom. The van der Waals surface area contributed by atoms with Gasteiger partial charge in [0.15, 0.2) is 11.5 Å². The van der Waals surface area contributed by atoms with Crippen LogP contribution >= 0.6 is 11.6 Å². The summed E-state index contributed by atoms with van der Waals surface area (Å²) in [5.74, 6) is -1.08. The summed E-state index contributed by atoms with van der Waals surface area (Å²) in [6, 6.07) is 6.53. The van der Waals surface area contributed by atoms with Crippen LogP contribution < -0.4 is 4.90 Å². The van der Waals surface area contributed by atoms with E-state index in [1.54, 1.807) is 29.2 Å². The number of amides is 1. The third-order valence-electron chi connectivity index (χ3n) is 5.77. The Bertz CT molecular complexity index is 791. The number of rotatable bonds is 3. The molecule has 3 rings (SSSR count). The highest BCUT2D eigenvalue weighted by atomic mass is 35.5. The molecule has 0 spiro atoms. The van der Waals surface area contributed by atoms with E-state index >= 15 is 0 Å². The molecule has 4 nitrogen and oxygen atoms in total. The number of halogens is 1. The largest absolute Gasteiger partial charge is 0.503 e. The standard InChI is InChI=1S/C22H28ClNO3/c1-13(25)17-18(14-10-21(2,3)12-22(4,5)11-14)24(20(27)19(17)26)16-8-6-15(23)7-9-16/h6-9,14,18,26H,10-12H2,1-5H3. The van der Waals surface area contributed by atoms with Crippen molar-refractivity contribution in [2.24, 2.45) is 16.7 Å². The molecule has 1 unspecified atom stereocenters. The number of Topliss-reactive ketones (excluding diaryl/α,β-unsaturated/α-hetero) is 1. The van der Waals surface area contributed by atoms with Crippen molar-refractivity contribution < 1.29 is 14.7 Å². The van der Waals surface area contributed by atoms with Gasteiger partial charge in [0.25, 0.3) is 5.91 Å². The number of nitrogens with zero attached hydrogens (tertiary/aromatic N) is 1. The summed E-state index contributed by atoms with van der Waals surface area (Å²) in [4.78, 5) is 26.9. The van der Waals surface area contributed by atoms with Crippen molar-refractivity contribution >= 4 is 29.0 Å². The Hall–Kier alpha value is -1.81. The second-order valence-corrected chi connectivity index (χ2v) is 10.0. The normalized spacial score (nSPS) is 25.2. The van der Waals surface area contributed by atoms with E-state index in [4.69, 9.17) is 11.6 Å². The molecule has 1 aromatic rings. The maximum absolute atomic E-state index is 12.9. The third-order valence-corrected chi connectivity index (χ3v) is 6.02. The number of aliphatic hydroxyl groups excluding tert-OH is 1. The lowest BCUT2D eigenvalue weighted by Gasteiger charge is -2.48. The van der Waals surface area contributed by atoms with E-state index in [1.807, 2.05) is 0 Å². The lowest BCUT2D eigenvalue weighted by molar-refractivity contribution is -0.117. The average Bonchev–Trinajstić information content (AvgIpc) is 2.77. The summed E-state index contributed by atoms with van der Waals surface area (Å²) in [6.45, 7) is 10.4. The summed E-state index contributed by atoms with van der Waals surface area (Å²) >= 11 is 6.01. The highest BCUT2D eigenvalue weighted by molar-refractivity contribution is 6.30. The van der Waals surface area contributed by atoms with Crippen molar-refractivity contribution in [1.29, 1.82) is 0 Å². The summed E-state index contributed by atoms with van der Waals surface area (Å²) < 4.78 is 0. The molecule has 27 heavy (non-hydrogen) atoms. The molecule has 0 aromatic heterocycles. The molecular formula is C22H28ClNO3. The van der Waals surface area contributed by atoms with Gasteiger partial charge in [-0.2, -0.15) is 0 Å². The van der Waals surface area contributed by atoms with E-state index in [9.17, 15) is 14.7 Å². The molecule has 1 aromatic carbocycles. The van der Waals surface area contributed by atoms with Crippen LogP contribution in [0.4, 0.5) is 5.69 Å². The summed E-state index contributed by atoms with van der Waals surface area (Å²) in [5.41, 5.74) is 1.09. The zero-order valence-corrected chi connectivity index (χ0v) is 17.4. The fraction of sp³-hybridized carbons (Fsp3) is 0.545. The number of ketones is 1. The van der Waals surface area contributed by atoms with Crippen LogP contribution in [0.1, 0.15) is 53.9 Å².